The topological polar surface area (TPSA) is 63.3 Å². The smallest absolute Gasteiger partial charge is 0.285 e. The molecule has 0 spiro atoms. The Balaban J connectivity index is 3.21. The van der Waals surface area contributed by atoms with Gasteiger partial charge in [0.25, 0.3) is 0 Å². The van der Waals surface area contributed by atoms with Crippen molar-refractivity contribution in [2.75, 3.05) is 0 Å². The monoisotopic (exact) mass is 164 g/mol. The predicted molar refractivity (Wildman–Crippen MR) is 41.9 cm³/mol. The van der Waals surface area contributed by atoms with E-state index in [-0.39, 0.29) is 0 Å². The highest BCUT2D eigenvalue weighted by atomic mass is 31.1. The van der Waals surface area contributed by atoms with Crippen LogP contribution in [0.2, 0.25) is 0 Å². The first-order chi connectivity index (χ1) is 4.68. The van der Waals surface area contributed by atoms with Gasteiger partial charge in [-0.05, 0) is 11.0 Å². The van der Waals surface area contributed by atoms with Gasteiger partial charge in [-0.3, -0.25) is 5.73 Å². The van der Waals surface area contributed by atoms with Gasteiger partial charge >= 0.3 is 8.03 Å². The highest BCUT2D eigenvalue weighted by Gasteiger charge is 2.22. The van der Waals surface area contributed by atoms with Gasteiger partial charge in [-0.15, -0.1) is 0 Å². The summed E-state index contributed by atoms with van der Waals surface area (Å²) < 4.78 is 10.3. The first kappa shape index (κ1) is 10.0. The average Bonchev–Trinajstić information content (AvgIpc) is 1.88. The molecule has 0 aromatic carbocycles. The Morgan fingerprint density at radius 2 is 2.20 bits per heavy atom. The minimum Gasteiger partial charge on any atom is -0.285 e. The lowest BCUT2D eigenvalue weighted by Crippen LogP contribution is -2.14. The van der Waals surface area contributed by atoms with E-state index in [1.54, 1.807) is 0 Å². The van der Waals surface area contributed by atoms with Crippen LogP contribution < -0.4 is 5.73 Å². The van der Waals surface area contributed by atoms with Crippen LogP contribution in [0, 0.1) is 0 Å². The van der Waals surface area contributed by atoms with Crippen LogP contribution in [0.4, 0.5) is 0 Å². The lowest BCUT2D eigenvalue weighted by Gasteiger charge is -1.95. The second-order valence-corrected chi connectivity index (χ2v) is 3.63. The molecule has 60 valence electrons. The SMILES string of the molecule is CCCCCC(N)[P+](=O)O. The van der Waals surface area contributed by atoms with Crippen molar-refractivity contribution in [2.24, 2.45) is 5.73 Å². The van der Waals surface area contributed by atoms with Gasteiger partial charge in [-0.2, -0.15) is 4.89 Å². The lowest BCUT2D eigenvalue weighted by molar-refractivity contribution is 0.480. The summed E-state index contributed by atoms with van der Waals surface area (Å²) in [6.07, 6.45) is 3.84. The van der Waals surface area contributed by atoms with Crippen molar-refractivity contribution in [2.45, 2.75) is 38.4 Å². The second kappa shape index (κ2) is 5.78. The van der Waals surface area contributed by atoms with Crippen molar-refractivity contribution < 1.29 is 9.46 Å². The van der Waals surface area contributed by atoms with E-state index < -0.39 is 13.8 Å². The molecule has 10 heavy (non-hydrogen) atoms. The summed E-state index contributed by atoms with van der Waals surface area (Å²) in [5, 5.41) is 0. The highest BCUT2D eigenvalue weighted by molar-refractivity contribution is 7.38. The summed E-state index contributed by atoms with van der Waals surface area (Å²) in [7, 11) is -2.15. The quantitative estimate of drug-likeness (QED) is 0.479. The van der Waals surface area contributed by atoms with Gasteiger partial charge < -0.3 is 0 Å². The van der Waals surface area contributed by atoms with E-state index in [4.69, 9.17) is 10.6 Å². The second-order valence-electron chi connectivity index (χ2n) is 2.37. The summed E-state index contributed by atoms with van der Waals surface area (Å²) in [5.41, 5.74) is 5.32. The maximum atomic E-state index is 10.3. The summed E-state index contributed by atoms with van der Waals surface area (Å²) in [6.45, 7) is 2.09. The molecule has 0 aliphatic carbocycles. The third-order valence-electron chi connectivity index (χ3n) is 1.39. The zero-order valence-corrected chi connectivity index (χ0v) is 7.18. The Kier molecular flexibility index (Phi) is 5.79. The van der Waals surface area contributed by atoms with Crippen LogP contribution in [0.3, 0.4) is 0 Å². The molecule has 2 unspecified atom stereocenters. The first-order valence-corrected chi connectivity index (χ1v) is 4.87. The summed E-state index contributed by atoms with van der Waals surface area (Å²) >= 11 is 0. The Labute approximate surface area is 62.5 Å². The standard InChI is InChI=1S/C6H14NO2P/c1-2-3-4-5-6(7)10(8)9/h6H,2-5,7H2,1H3/p+1. The number of rotatable bonds is 5. The average molecular weight is 164 g/mol. The molecule has 0 rings (SSSR count). The van der Waals surface area contributed by atoms with Crippen molar-refractivity contribution in [3.63, 3.8) is 0 Å². The third-order valence-corrected chi connectivity index (χ3v) is 2.21. The molecule has 0 aromatic rings. The van der Waals surface area contributed by atoms with Gasteiger partial charge in [0, 0.05) is 6.42 Å². The summed E-state index contributed by atoms with van der Waals surface area (Å²) in [5.74, 6) is -0.512. The predicted octanol–water partition coefficient (Wildman–Crippen LogP) is 1.59. The Bertz CT molecular complexity index is 108. The molecule has 0 aliphatic heterocycles. The van der Waals surface area contributed by atoms with E-state index in [1.165, 1.54) is 0 Å². The van der Waals surface area contributed by atoms with Crippen molar-refractivity contribution >= 4 is 8.03 Å². The van der Waals surface area contributed by atoms with Crippen LogP contribution in [-0.4, -0.2) is 10.7 Å². The number of nitrogens with two attached hydrogens (primary N) is 1. The summed E-state index contributed by atoms with van der Waals surface area (Å²) in [6, 6.07) is 0. The molecule has 3 nitrogen and oxygen atoms in total. The van der Waals surface area contributed by atoms with Crippen molar-refractivity contribution in [3.8, 4) is 0 Å². The van der Waals surface area contributed by atoms with Crippen molar-refractivity contribution in [3.05, 3.63) is 0 Å². The molecule has 0 saturated carbocycles. The van der Waals surface area contributed by atoms with Crippen LogP contribution in [-0.2, 0) is 4.57 Å². The number of hydrogen-bond donors (Lipinski definition) is 2. The minimum absolute atomic E-state index is 0.512. The van der Waals surface area contributed by atoms with E-state index in [9.17, 15) is 4.57 Å². The number of hydrogen-bond acceptors (Lipinski definition) is 2. The molecule has 4 heteroatoms. The Hall–Kier alpha value is 0.0200. The third kappa shape index (κ3) is 4.86. The van der Waals surface area contributed by atoms with Crippen molar-refractivity contribution in [1.29, 1.82) is 0 Å². The molecule has 3 N–H and O–H groups in total. The van der Waals surface area contributed by atoms with Crippen molar-refractivity contribution in [1.82, 2.24) is 0 Å². The molecule has 0 aromatic heterocycles. The van der Waals surface area contributed by atoms with Gasteiger partial charge in [0.1, 0.15) is 0 Å². The van der Waals surface area contributed by atoms with Crippen LogP contribution >= 0.6 is 8.03 Å². The normalized spacial score (nSPS) is 14.9. The maximum absolute atomic E-state index is 10.3. The lowest BCUT2D eigenvalue weighted by atomic mass is 10.2. The molecular formula is C6H15NO2P+. The van der Waals surface area contributed by atoms with E-state index >= 15 is 0 Å². The molecule has 0 aliphatic rings. The highest BCUT2D eigenvalue weighted by Crippen LogP contribution is 2.22. The minimum atomic E-state index is -2.15. The van der Waals surface area contributed by atoms with E-state index in [0.717, 1.165) is 19.3 Å². The van der Waals surface area contributed by atoms with E-state index in [0.29, 0.717) is 6.42 Å². The van der Waals surface area contributed by atoms with E-state index in [1.807, 2.05) is 0 Å². The fourth-order valence-electron chi connectivity index (χ4n) is 0.714. The Morgan fingerprint density at radius 3 is 2.60 bits per heavy atom. The fourth-order valence-corrected chi connectivity index (χ4v) is 1.12. The molecule has 0 saturated heterocycles. The molecule has 0 radical (unpaired) electrons. The molecule has 2 atom stereocenters. The van der Waals surface area contributed by atoms with Gasteiger partial charge in [0.15, 0.2) is 0 Å². The summed E-state index contributed by atoms with van der Waals surface area (Å²) in [4.78, 5) is 8.50. The molecule has 0 amide bonds. The van der Waals surface area contributed by atoms with Crippen LogP contribution in [0.5, 0.6) is 0 Å². The molecule has 0 heterocycles. The molecular weight excluding hydrogens is 149 g/mol. The zero-order valence-electron chi connectivity index (χ0n) is 6.29. The largest absolute Gasteiger partial charge is 0.524 e. The first-order valence-electron chi connectivity index (χ1n) is 3.59. The van der Waals surface area contributed by atoms with Gasteiger partial charge in [0.05, 0.1) is 0 Å². The van der Waals surface area contributed by atoms with Crippen LogP contribution in [0.1, 0.15) is 32.6 Å². The van der Waals surface area contributed by atoms with Gasteiger partial charge in [0.2, 0.25) is 5.78 Å². The van der Waals surface area contributed by atoms with Crippen LogP contribution in [0.15, 0.2) is 0 Å². The van der Waals surface area contributed by atoms with Crippen LogP contribution in [0.25, 0.3) is 0 Å². The van der Waals surface area contributed by atoms with E-state index in [2.05, 4.69) is 6.92 Å². The number of unbranched alkanes of at least 4 members (excludes halogenated alkanes) is 2. The van der Waals surface area contributed by atoms with Gasteiger partial charge in [-0.25, -0.2) is 0 Å². The van der Waals surface area contributed by atoms with Gasteiger partial charge in [-0.1, -0.05) is 19.8 Å². The molecule has 0 bridgehead atoms. The fraction of sp³-hybridized carbons (Fsp3) is 1.00. The Morgan fingerprint density at radius 1 is 1.60 bits per heavy atom. The maximum Gasteiger partial charge on any atom is 0.524 e. The molecule has 0 fully saturated rings. The zero-order chi connectivity index (χ0) is 7.98.